The zero-order chi connectivity index (χ0) is 14.0. The number of ether oxygens (including phenoxy) is 1. The molecule has 0 heterocycles. The predicted octanol–water partition coefficient (Wildman–Crippen LogP) is 4.15. The van der Waals surface area contributed by atoms with Crippen LogP contribution >= 0.6 is 15.9 Å². The molecule has 0 unspecified atom stereocenters. The molecular formula is C14H10BrF2NO. The van der Waals surface area contributed by atoms with Gasteiger partial charge < -0.3 is 4.74 Å². The van der Waals surface area contributed by atoms with Crippen molar-refractivity contribution in [3.05, 3.63) is 63.6 Å². The van der Waals surface area contributed by atoms with Crippen LogP contribution in [0.1, 0.15) is 11.1 Å². The molecule has 0 amide bonds. The highest BCUT2D eigenvalue weighted by atomic mass is 79.9. The fourth-order valence-corrected chi connectivity index (χ4v) is 2.08. The molecular weight excluding hydrogens is 316 g/mol. The van der Waals surface area contributed by atoms with Crippen molar-refractivity contribution >= 4 is 21.6 Å². The van der Waals surface area contributed by atoms with Crippen molar-refractivity contribution in [1.29, 1.82) is 5.41 Å². The summed E-state index contributed by atoms with van der Waals surface area (Å²) in [7, 11) is 1.38. The van der Waals surface area contributed by atoms with Gasteiger partial charge in [-0.05, 0) is 40.2 Å². The highest BCUT2D eigenvalue weighted by Gasteiger charge is 2.16. The minimum absolute atomic E-state index is 0.0596. The lowest BCUT2D eigenvalue weighted by Gasteiger charge is -2.11. The summed E-state index contributed by atoms with van der Waals surface area (Å²) in [5.74, 6) is -0.800. The number of nitrogens with one attached hydrogen (secondary N) is 1. The van der Waals surface area contributed by atoms with Crippen molar-refractivity contribution in [1.82, 2.24) is 0 Å². The largest absolute Gasteiger partial charge is 0.496 e. The molecule has 2 aromatic carbocycles. The molecule has 0 aliphatic rings. The normalized spacial score (nSPS) is 10.3. The third-order valence-corrected chi connectivity index (χ3v) is 3.27. The molecule has 0 aliphatic heterocycles. The molecule has 2 nitrogen and oxygen atoms in total. The number of methoxy groups -OCH3 is 1. The number of hydrogen-bond acceptors (Lipinski definition) is 2. The first-order chi connectivity index (χ1) is 9.04. The third kappa shape index (κ3) is 2.66. The maximum Gasteiger partial charge on any atom is 0.146 e. The van der Waals surface area contributed by atoms with Crippen molar-refractivity contribution in [3.8, 4) is 5.75 Å². The molecule has 1 N–H and O–H groups in total. The lowest BCUT2D eigenvalue weighted by molar-refractivity contribution is 0.410. The van der Waals surface area contributed by atoms with Crippen molar-refractivity contribution in [3.63, 3.8) is 0 Å². The fraction of sp³-hybridized carbons (Fsp3) is 0.0714. The van der Waals surface area contributed by atoms with Crippen LogP contribution in [0.25, 0.3) is 0 Å². The van der Waals surface area contributed by atoms with E-state index in [9.17, 15) is 8.78 Å². The van der Waals surface area contributed by atoms with E-state index in [0.29, 0.717) is 5.56 Å². The lowest BCUT2D eigenvalue weighted by Crippen LogP contribution is -2.07. The van der Waals surface area contributed by atoms with Crippen LogP contribution in [0.3, 0.4) is 0 Å². The summed E-state index contributed by atoms with van der Waals surface area (Å²) < 4.78 is 32.4. The van der Waals surface area contributed by atoms with Crippen molar-refractivity contribution in [2.45, 2.75) is 0 Å². The number of hydrogen-bond donors (Lipinski definition) is 1. The Hall–Kier alpha value is -1.75. The zero-order valence-electron chi connectivity index (χ0n) is 10.0. The Morgan fingerprint density at radius 1 is 1.16 bits per heavy atom. The number of benzene rings is 2. The SMILES string of the molecule is COc1cc(F)ccc1C(=N)c1cccc(Br)c1F. The van der Waals surface area contributed by atoms with Crippen LogP contribution in [0, 0.1) is 17.0 Å². The Kier molecular flexibility index (Phi) is 3.95. The van der Waals surface area contributed by atoms with Crippen molar-refractivity contribution < 1.29 is 13.5 Å². The molecule has 0 saturated heterocycles. The Morgan fingerprint density at radius 2 is 1.89 bits per heavy atom. The van der Waals surface area contributed by atoms with Gasteiger partial charge in [-0.1, -0.05) is 6.07 Å². The van der Waals surface area contributed by atoms with Gasteiger partial charge in [0.25, 0.3) is 0 Å². The van der Waals surface area contributed by atoms with E-state index < -0.39 is 11.6 Å². The van der Waals surface area contributed by atoms with Gasteiger partial charge in [-0.25, -0.2) is 8.78 Å². The Bertz CT molecular complexity index is 643. The molecule has 0 saturated carbocycles. The number of rotatable bonds is 3. The van der Waals surface area contributed by atoms with E-state index in [1.807, 2.05) is 0 Å². The average Bonchev–Trinajstić information content (AvgIpc) is 2.41. The van der Waals surface area contributed by atoms with E-state index in [1.165, 1.54) is 31.4 Å². The van der Waals surface area contributed by atoms with Crippen LogP contribution in [0.2, 0.25) is 0 Å². The molecule has 0 spiro atoms. The van der Waals surface area contributed by atoms with Crippen LogP contribution in [0.5, 0.6) is 5.75 Å². The molecule has 98 valence electrons. The first-order valence-corrected chi connectivity index (χ1v) is 6.20. The molecule has 0 aromatic heterocycles. The van der Waals surface area contributed by atoms with Crippen molar-refractivity contribution in [2.75, 3.05) is 7.11 Å². The standard InChI is InChI=1S/C14H10BrF2NO/c1-19-12-7-8(16)5-6-9(12)14(18)10-3-2-4-11(15)13(10)17/h2-7,18H,1H3. The second kappa shape index (κ2) is 5.48. The fourth-order valence-electron chi connectivity index (χ4n) is 1.71. The summed E-state index contributed by atoms with van der Waals surface area (Å²) in [6.45, 7) is 0. The van der Waals surface area contributed by atoms with E-state index in [2.05, 4.69) is 15.9 Å². The highest BCUT2D eigenvalue weighted by Crippen LogP contribution is 2.26. The van der Waals surface area contributed by atoms with Gasteiger partial charge in [0.2, 0.25) is 0 Å². The quantitative estimate of drug-likeness (QED) is 0.845. The molecule has 0 fully saturated rings. The molecule has 0 bridgehead atoms. The Labute approximate surface area is 117 Å². The Morgan fingerprint density at radius 3 is 2.58 bits per heavy atom. The van der Waals surface area contributed by atoms with E-state index in [4.69, 9.17) is 10.1 Å². The topological polar surface area (TPSA) is 33.1 Å². The molecule has 19 heavy (non-hydrogen) atoms. The van der Waals surface area contributed by atoms with Crippen LogP contribution in [0.4, 0.5) is 8.78 Å². The van der Waals surface area contributed by atoms with E-state index >= 15 is 0 Å². The second-order valence-corrected chi connectivity index (χ2v) is 4.68. The summed E-state index contributed by atoms with van der Waals surface area (Å²) in [5.41, 5.74) is 0.399. The van der Waals surface area contributed by atoms with Gasteiger partial charge in [0.05, 0.1) is 17.3 Å². The van der Waals surface area contributed by atoms with Gasteiger partial charge in [0, 0.05) is 17.2 Å². The Balaban J connectivity index is 2.53. The molecule has 5 heteroatoms. The van der Waals surface area contributed by atoms with Crippen molar-refractivity contribution in [2.24, 2.45) is 0 Å². The minimum Gasteiger partial charge on any atom is -0.496 e. The smallest absolute Gasteiger partial charge is 0.146 e. The van der Waals surface area contributed by atoms with Gasteiger partial charge in [0.1, 0.15) is 17.4 Å². The molecule has 0 aliphatic carbocycles. The molecule has 0 atom stereocenters. The third-order valence-electron chi connectivity index (χ3n) is 2.65. The average molecular weight is 326 g/mol. The van der Waals surface area contributed by atoms with E-state index in [1.54, 1.807) is 12.1 Å². The van der Waals surface area contributed by atoms with Crippen LogP contribution < -0.4 is 4.74 Å². The first kappa shape index (κ1) is 13.7. The highest BCUT2D eigenvalue weighted by molar-refractivity contribution is 9.10. The summed E-state index contributed by atoms with van der Waals surface area (Å²) >= 11 is 3.07. The summed E-state index contributed by atoms with van der Waals surface area (Å²) in [6.07, 6.45) is 0. The van der Waals surface area contributed by atoms with Gasteiger partial charge in [-0.2, -0.15) is 0 Å². The summed E-state index contributed by atoms with van der Waals surface area (Å²) in [6, 6.07) is 8.45. The maximum absolute atomic E-state index is 14.0. The molecule has 2 aromatic rings. The van der Waals surface area contributed by atoms with Gasteiger partial charge in [-0.3, -0.25) is 5.41 Å². The summed E-state index contributed by atoms with van der Waals surface area (Å²) in [5, 5.41) is 8.06. The van der Waals surface area contributed by atoms with Crippen LogP contribution in [-0.2, 0) is 0 Å². The zero-order valence-corrected chi connectivity index (χ0v) is 11.6. The van der Waals surface area contributed by atoms with Gasteiger partial charge in [0.15, 0.2) is 0 Å². The first-order valence-electron chi connectivity index (χ1n) is 5.41. The van der Waals surface area contributed by atoms with E-state index in [-0.39, 0.29) is 21.5 Å². The maximum atomic E-state index is 14.0. The lowest BCUT2D eigenvalue weighted by atomic mass is 10.0. The van der Waals surface area contributed by atoms with Gasteiger partial charge in [-0.15, -0.1) is 0 Å². The predicted molar refractivity (Wildman–Crippen MR) is 73.0 cm³/mol. The monoisotopic (exact) mass is 325 g/mol. The van der Waals surface area contributed by atoms with Crippen LogP contribution in [-0.4, -0.2) is 12.8 Å². The van der Waals surface area contributed by atoms with E-state index in [0.717, 1.165) is 0 Å². The molecule has 2 rings (SSSR count). The van der Waals surface area contributed by atoms with Crippen LogP contribution in [0.15, 0.2) is 40.9 Å². The number of halogens is 3. The molecule has 0 radical (unpaired) electrons. The second-order valence-electron chi connectivity index (χ2n) is 3.82. The minimum atomic E-state index is -0.529. The van der Waals surface area contributed by atoms with Gasteiger partial charge >= 0.3 is 0 Å². The summed E-state index contributed by atoms with van der Waals surface area (Å²) in [4.78, 5) is 0.